The maximum Gasteiger partial charge on any atom is 0.244 e. The Bertz CT molecular complexity index is 422. The van der Waals surface area contributed by atoms with Crippen LogP contribution in [0.25, 0.3) is 0 Å². The zero-order chi connectivity index (χ0) is 12.4. The number of hydrogen-bond donors (Lipinski definition) is 0. The molecule has 2 heterocycles. The molecule has 0 aliphatic carbocycles. The van der Waals surface area contributed by atoms with Crippen molar-refractivity contribution in [2.45, 2.75) is 39.7 Å². The van der Waals surface area contributed by atoms with Crippen LogP contribution in [0.5, 0.6) is 0 Å². The van der Waals surface area contributed by atoms with Gasteiger partial charge in [0, 0.05) is 13.1 Å². The summed E-state index contributed by atoms with van der Waals surface area (Å²) in [5.41, 5.74) is 1.96. The lowest BCUT2D eigenvalue weighted by molar-refractivity contribution is -0.132. The Hall–Kier alpha value is -0.840. The van der Waals surface area contributed by atoms with Crippen LogP contribution in [0.1, 0.15) is 30.7 Å². The van der Waals surface area contributed by atoms with Crippen LogP contribution in [0, 0.1) is 13.8 Å². The summed E-state index contributed by atoms with van der Waals surface area (Å²) in [5, 5.41) is 4.37. The lowest BCUT2D eigenvalue weighted by Gasteiger charge is -2.26. The third-order valence-corrected chi connectivity index (χ3v) is 4.43. The van der Waals surface area contributed by atoms with E-state index in [9.17, 15) is 4.79 Å². The smallest absolute Gasteiger partial charge is 0.244 e. The number of likely N-dealkylation sites (tertiary alicyclic amines) is 1. The van der Waals surface area contributed by atoms with E-state index in [1.165, 1.54) is 6.42 Å². The minimum atomic E-state index is 0.183. The van der Waals surface area contributed by atoms with Crippen molar-refractivity contribution in [1.82, 2.24) is 14.7 Å². The van der Waals surface area contributed by atoms with Crippen LogP contribution in [0.3, 0.4) is 0 Å². The van der Waals surface area contributed by atoms with Crippen LogP contribution in [0.15, 0.2) is 4.47 Å². The maximum absolute atomic E-state index is 12.1. The topological polar surface area (TPSA) is 38.1 Å². The van der Waals surface area contributed by atoms with Crippen molar-refractivity contribution in [2.24, 2.45) is 0 Å². The van der Waals surface area contributed by atoms with Crippen molar-refractivity contribution < 1.29 is 4.79 Å². The second-order valence-corrected chi connectivity index (χ2v) is 5.38. The van der Waals surface area contributed by atoms with Crippen LogP contribution in [-0.4, -0.2) is 33.7 Å². The second-order valence-electron chi connectivity index (χ2n) is 4.58. The number of aromatic nitrogens is 2. The van der Waals surface area contributed by atoms with Gasteiger partial charge in [0.05, 0.1) is 15.9 Å². The predicted molar refractivity (Wildman–Crippen MR) is 69.8 cm³/mol. The average molecular weight is 300 g/mol. The molecular weight excluding hydrogens is 282 g/mol. The molecule has 5 heteroatoms. The number of rotatable bonds is 2. The highest BCUT2D eigenvalue weighted by Crippen LogP contribution is 2.20. The van der Waals surface area contributed by atoms with Crippen molar-refractivity contribution in [3.05, 3.63) is 15.9 Å². The summed E-state index contributed by atoms with van der Waals surface area (Å²) >= 11 is 3.48. The summed E-state index contributed by atoms with van der Waals surface area (Å²) in [6.07, 6.45) is 3.51. The molecule has 0 unspecified atom stereocenters. The van der Waals surface area contributed by atoms with Gasteiger partial charge in [0.25, 0.3) is 0 Å². The van der Waals surface area contributed by atoms with Crippen molar-refractivity contribution in [3.63, 3.8) is 0 Å². The minimum Gasteiger partial charge on any atom is -0.341 e. The number of amides is 1. The summed E-state index contributed by atoms with van der Waals surface area (Å²) < 4.78 is 2.79. The van der Waals surface area contributed by atoms with Crippen LogP contribution in [0.4, 0.5) is 0 Å². The van der Waals surface area contributed by atoms with Gasteiger partial charge < -0.3 is 4.90 Å². The van der Waals surface area contributed by atoms with Gasteiger partial charge in [0.2, 0.25) is 5.91 Å². The van der Waals surface area contributed by atoms with Crippen LogP contribution >= 0.6 is 15.9 Å². The van der Waals surface area contributed by atoms with E-state index in [0.29, 0.717) is 6.54 Å². The van der Waals surface area contributed by atoms with Crippen molar-refractivity contribution in [1.29, 1.82) is 0 Å². The molecule has 1 aromatic heterocycles. The van der Waals surface area contributed by atoms with E-state index in [2.05, 4.69) is 21.0 Å². The largest absolute Gasteiger partial charge is 0.341 e. The van der Waals surface area contributed by atoms with E-state index in [4.69, 9.17) is 0 Å². The van der Waals surface area contributed by atoms with Crippen molar-refractivity contribution >= 4 is 21.8 Å². The van der Waals surface area contributed by atoms with Gasteiger partial charge in [-0.1, -0.05) is 0 Å². The zero-order valence-electron chi connectivity index (χ0n) is 10.4. The van der Waals surface area contributed by atoms with Crippen molar-refractivity contribution in [3.8, 4) is 0 Å². The van der Waals surface area contributed by atoms with E-state index >= 15 is 0 Å². The molecule has 1 amide bonds. The summed E-state index contributed by atoms with van der Waals surface area (Å²) in [7, 11) is 0. The minimum absolute atomic E-state index is 0.183. The first kappa shape index (κ1) is 12.6. The molecular formula is C12H18BrN3O. The number of carbonyl (C=O) groups excluding carboxylic acids is 1. The first-order chi connectivity index (χ1) is 8.09. The van der Waals surface area contributed by atoms with E-state index in [-0.39, 0.29) is 5.91 Å². The number of nitrogens with zero attached hydrogens (tertiary/aromatic N) is 3. The molecule has 1 fully saturated rings. The zero-order valence-corrected chi connectivity index (χ0v) is 12.0. The molecule has 1 saturated heterocycles. The molecule has 0 radical (unpaired) electrons. The van der Waals surface area contributed by atoms with Gasteiger partial charge in [-0.3, -0.25) is 9.48 Å². The van der Waals surface area contributed by atoms with Gasteiger partial charge in [-0.15, -0.1) is 0 Å². The molecule has 94 valence electrons. The number of halogens is 1. The second kappa shape index (κ2) is 5.21. The van der Waals surface area contributed by atoms with Gasteiger partial charge >= 0.3 is 0 Å². The Labute approximate surface area is 110 Å². The first-order valence-corrected chi connectivity index (χ1v) is 6.86. The van der Waals surface area contributed by atoms with Gasteiger partial charge in [-0.2, -0.15) is 5.10 Å². The predicted octanol–water partition coefficient (Wildman–Crippen LogP) is 2.27. The quantitative estimate of drug-likeness (QED) is 0.840. The highest BCUT2D eigenvalue weighted by atomic mass is 79.9. The molecule has 0 bridgehead atoms. The first-order valence-electron chi connectivity index (χ1n) is 6.07. The summed E-state index contributed by atoms with van der Waals surface area (Å²) in [6.45, 7) is 6.09. The highest BCUT2D eigenvalue weighted by Gasteiger charge is 2.18. The molecule has 0 spiro atoms. The fourth-order valence-corrected chi connectivity index (χ4v) is 2.48. The standard InChI is InChI=1S/C12H18BrN3O/c1-9-12(13)10(2)16(14-9)8-11(17)15-6-4-3-5-7-15/h3-8H2,1-2H3. The third kappa shape index (κ3) is 2.70. The van der Waals surface area contributed by atoms with Gasteiger partial charge in [0.1, 0.15) is 6.54 Å². The maximum atomic E-state index is 12.1. The van der Waals surface area contributed by atoms with Gasteiger partial charge in [-0.25, -0.2) is 0 Å². The summed E-state index contributed by atoms with van der Waals surface area (Å²) in [6, 6.07) is 0. The number of aryl methyl sites for hydroxylation is 1. The summed E-state index contributed by atoms with van der Waals surface area (Å²) in [4.78, 5) is 14.0. The fraction of sp³-hybridized carbons (Fsp3) is 0.667. The lowest BCUT2D eigenvalue weighted by Crippen LogP contribution is -2.38. The van der Waals surface area contributed by atoms with Gasteiger partial charge in [0.15, 0.2) is 0 Å². The Balaban J connectivity index is 2.04. The van der Waals surface area contributed by atoms with E-state index < -0.39 is 0 Å². The number of hydrogen-bond acceptors (Lipinski definition) is 2. The molecule has 1 aliphatic heterocycles. The Morgan fingerprint density at radius 1 is 1.29 bits per heavy atom. The lowest BCUT2D eigenvalue weighted by atomic mass is 10.1. The molecule has 4 nitrogen and oxygen atoms in total. The molecule has 1 aromatic rings. The summed E-state index contributed by atoms with van der Waals surface area (Å²) in [5.74, 6) is 0.183. The molecule has 0 N–H and O–H groups in total. The number of carbonyl (C=O) groups is 1. The Morgan fingerprint density at radius 3 is 2.47 bits per heavy atom. The van der Waals surface area contributed by atoms with Crippen LogP contribution in [-0.2, 0) is 11.3 Å². The third-order valence-electron chi connectivity index (χ3n) is 3.29. The average Bonchev–Trinajstić information content (AvgIpc) is 2.58. The SMILES string of the molecule is Cc1nn(CC(=O)N2CCCCC2)c(C)c1Br. The molecule has 17 heavy (non-hydrogen) atoms. The molecule has 1 aliphatic rings. The van der Waals surface area contributed by atoms with Crippen LogP contribution < -0.4 is 0 Å². The van der Waals surface area contributed by atoms with Crippen molar-refractivity contribution in [2.75, 3.05) is 13.1 Å². The molecule has 0 aromatic carbocycles. The Kier molecular flexibility index (Phi) is 3.86. The van der Waals surface area contributed by atoms with E-state index in [1.807, 2.05) is 18.7 Å². The molecule has 0 atom stereocenters. The fourth-order valence-electron chi connectivity index (χ4n) is 2.20. The highest BCUT2D eigenvalue weighted by molar-refractivity contribution is 9.10. The molecule has 2 rings (SSSR count). The van der Waals surface area contributed by atoms with E-state index in [0.717, 1.165) is 41.8 Å². The monoisotopic (exact) mass is 299 g/mol. The van der Waals surface area contributed by atoms with Crippen LogP contribution in [0.2, 0.25) is 0 Å². The normalized spacial score (nSPS) is 16.3. The molecule has 0 saturated carbocycles. The van der Waals surface area contributed by atoms with E-state index in [1.54, 1.807) is 4.68 Å². The Morgan fingerprint density at radius 2 is 1.94 bits per heavy atom. The van der Waals surface area contributed by atoms with Gasteiger partial charge in [-0.05, 0) is 49.0 Å². The number of piperidine rings is 1.